The van der Waals surface area contributed by atoms with Crippen LogP contribution in [-0.2, 0) is 4.74 Å². The maximum Gasteiger partial charge on any atom is 0.165 e. The summed E-state index contributed by atoms with van der Waals surface area (Å²) in [6.07, 6.45) is 1.45. The fraction of sp³-hybridized carbons (Fsp3) is 0.353. The van der Waals surface area contributed by atoms with Crippen LogP contribution in [0.1, 0.15) is 18.1 Å². The molecule has 1 aliphatic heterocycles. The van der Waals surface area contributed by atoms with E-state index < -0.39 is 6.10 Å². The number of aliphatic hydroxyl groups is 1. The zero-order valence-corrected chi connectivity index (χ0v) is 12.2. The Labute approximate surface area is 129 Å². The van der Waals surface area contributed by atoms with Crippen LogP contribution >= 0.6 is 0 Å². The number of nitrogens with zero attached hydrogens (tertiary/aromatic N) is 2. The van der Waals surface area contributed by atoms with E-state index >= 15 is 0 Å². The monoisotopic (exact) mass is 302 g/mol. The van der Waals surface area contributed by atoms with Crippen LogP contribution in [0.3, 0.4) is 0 Å². The van der Waals surface area contributed by atoms with Gasteiger partial charge in [-0.25, -0.2) is 9.37 Å². The highest BCUT2D eigenvalue weighted by atomic mass is 19.1. The molecule has 1 N–H and O–H groups in total. The van der Waals surface area contributed by atoms with E-state index in [2.05, 4.69) is 4.98 Å². The lowest BCUT2D eigenvalue weighted by molar-refractivity contribution is 0.0673. The molecule has 1 saturated heterocycles. The van der Waals surface area contributed by atoms with E-state index in [4.69, 9.17) is 4.74 Å². The molecule has 0 spiro atoms. The van der Waals surface area contributed by atoms with Crippen LogP contribution in [0.5, 0.6) is 0 Å². The Kier molecular flexibility index (Phi) is 4.65. The third kappa shape index (κ3) is 3.26. The molecular formula is C17H19FN2O2. The highest BCUT2D eigenvalue weighted by Gasteiger charge is 2.28. The highest BCUT2D eigenvalue weighted by Crippen LogP contribution is 2.26. The maximum atomic E-state index is 14.0. The molecule has 2 atom stereocenters. The Morgan fingerprint density at radius 3 is 2.86 bits per heavy atom. The molecule has 5 heteroatoms. The second-order valence-corrected chi connectivity index (χ2v) is 5.39. The Hall–Kier alpha value is -1.98. The first-order valence-corrected chi connectivity index (χ1v) is 7.43. The number of halogens is 1. The van der Waals surface area contributed by atoms with E-state index in [1.807, 2.05) is 35.2 Å². The molecule has 0 unspecified atom stereocenters. The second-order valence-electron chi connectivity index (χ2n) is 5.39. The van der Waals surface area contributed by atoms with Crippen LogP contribution in [0.25, 0.3) is 0 Å². The third-order valence-electron chi connectivity index (χ3n) is 3.92. The number of hydrogen-bond acceptors (Lipinski definition) is 4. The van der Waals surface area contributed by atoms with Crippen molar-refractivity contribution in [1.29, 1.82) is 0 Å². The number of morpholine rings is 1. The van der Waals surface area contributed by atoms with E-state index in [1.54, 1.807) is 12.3 Å². The zero-order valence-electron chi connectivity index (χ0n) is 12.2. The number of rotatable bonds is 4. The fourth-order valence-electron chi connectivity index (χ4n) is 2.79. The predicted molar refractivity (Wildman–Crippen MR) is 82.2 cm³/mol. The average molecular weight is 302 g/mol. The molecule has 0 saturated carbocycles. The molecule has 0 radical (unpaired) electrons. The van der Waals surface area contributed by atoms with Gasteiger partial charge in [-0.3, -0.25) is 0 Å². The largest absolute Gasteiger partial charge is 0.388 e. The maximum absolute atomic E-state index is 14.0. The summed E-state index contributed by atoms with van der Waals surface area (Å²) >= 11 is 0. The van der Waals surface area contributed by atoms with Gasteiger partial charge in [-0.2, -0.15) is 0 Å². The molecule has 0 bridgehead atoms. The Morgan fingerprint density at radius 2 is 2.09 bits per heavy atom. The van der Waals surface area contributed by atoms with Gasteiger partial charge >= 0.3 is 0 Å². The number of anilines is 1. The highest BCUT2D eigenvalue weighted by molar-refractivity contribution is 5.41. The minimum Gasteiger partial charge on any atom is -0.388 e. The van der Waals surface area contributed by atoms with Crippen molar-refractivity contribution < 1.29 is 14.2 Å². The molecule has 1 aromatic heterocycles. The summed E-state index contributed by atoms with van der Waals surface area (Å²) < 4.78 is 19.5. The molecule has 22 heavy (non-hydrogen) atoms. The molecular weight excluding hydrogens is 283 g/mol. The van der Waals surface area contributed by atoms with Gasteiger partial charge in [-0.1, -0.05) is 30.3 Å². The molecule has 1 aromatic carbocycles. The number of ether oxygens (including phenoxy) is 1. The van der Waals surface area contributed by atoms with E-state index in [-0.39, 0.29) is 11.9 Å². The molecule has 0 amide bonds. The van der Waals surface area contributed by atoms with Crippen LogP contribution in [0.4, 0.5) is 10.2 Å². The van der Waals surface area contributed by atoms with Crippen molar-refractivity contribution in [1.82, 2.24) is 4.98 Å². The van der Waals surface area contributed by atoms with E-state index in [0.29, 0.717) is 32.0 Å². The van der Waals surface area contributed by atoms with Crippen LogP contribution in [0.2, 0.25) is 0 Å². The second kappa shape index (κ2) is 6.85. The summed E-state index contributed by atoms with van der Waals surface area (Å²) in [6.45, 7) is 1.56. The number of benzene rings is 1. The lowest BCUT2D eigenvalue weighted by atomic mass is 10.0. The Morgan fingerprint density at radius 1 is 1.27 bits per heavy atom. The first-order chi connectivity index (χ1) is 10.8. The topological polar surface area (TPSA) is 45.6 Å². The molecule has 3 rings (SSSR count). The van der Waals surface area contributed by atoms with E-state index in [1.165, 1.54) is 6.07 Å². The molecule has 1 aliphatic rings. The van der Waals surface area contributed by atoms with Crippen molar-refractivity contribution in [3.8, 4) is 0 Å². The van der Waals surface area contributed by atoms with Gasteiger partial charge in [-0.15, -0.1) is 0 Å². The minimum absolute atomic E-state index is 0.103. The molecule has 2 heterocycles. The van der Waals surface area contributed by atoms with Crippen molar-refractivity contribution in [3.63, 3.8) is 0 Å². The van der Waals surface area contributed by atoms with Crippen LogP contribution in [-0.4, -0.2) is 35.9 Å². The fourth-order valence-corrected chi connectivity index (χ4v) is 2.79. The molecule has 116 valence electrons. The molecule has 4 nitrogen and oxygen atoms in total. The average Bonchev–Trinajstić information content (AvgIpc) is 2.57. The van der Waals surface area contributed by atoms with Crippen molar-refractivity contribution in [2.75, 3.05) is 24.7 Å². The van der Waals surface area contributed by atoms with E-state index in [9.17, 15) is 9.50 Å². The zero-order chi connectivity index (χ0) is 15.4. The number of aromatic nitrogens is 1. The number of pyridine rings is 1. The van der Waals surface area contributed by atoms with Crippen molar-refractivity contribution in [2.24, 2.45) is 0 Å². The summed E-state index contributed by atoms with van der Waals surface area (Å²) in [7, 11) is 0. The quantitative estimate of drug-likeness (QED) is 0.943. The van der Waals surface area contributed by atoms with Crippen LogP contribution in [0.15, 0.2) is 48.7 Å². The van der Waals surface area contributed by atoms with Crippen molar-refractivity contribution in [2.45, 2.75) is 18.6 Å². The molecule has 1 fully saturated rings. The first kappa shape index (κ1) is 14.9. The van der Waals surface area contributed by atoms with Gasteiger partial charge in [0.15, 0.2) is 11.6 Å². The summed E-state index contributed by atoms with van der Waals surface area (Å²) in [4.78, 5) is 6.04. The number of aliphatic hydroxyl groups excluding tert-OH is 1. The summed E-state index contributed by atoms with van der Waals surface area (Å²) in [5.74, 6) is -0.0142. The van der Waals surface area contributed by atoms with Gasteiger partial charge < -0.3 is 14.7 Å². The van der Waals surface area contributed by atoms with Gasteiger partial charge in [0.05, 0.1) is 25.4 Å². The standard InChI is InChI=1S/C17H19FN2O2/c18-15-7-4-8-19-17(15)20-9-10-22-12-14(20)11-16(21)13-5-2-1-3-6-13/h1-8,14,16,21H,9-12H2/t14-,16-/m0/s1. The smallest absolute Gasteiger partial charge is 0.165 e. The van der Waals surface area contributed by atoms with Gasteiger partial charge in [-0.05, 0) is 17.7 Å². The SMILES string of the molecule is O[C@@H](C[C@H]1COCCN1c1ncccc1F)c1ccccc1. The van der Waals surface area contributed by atoms with Crippen molar-refractivity contribution >= 4 is 5.82 Å². The summed E-state index contributed by atoms with van der Waals surface area (Å²) in [5, 5.41) is 10.4. The first-order valence-electron chi connectivity index (χ1n) is 7.43. The number of hydrogen-bond donors (Lipinski definition) is 1. The Balaban J connectivity index is 1.77. The van der Waals surface area contributed by atoms with Crippen LogP contribution < -0.4 is 4.90 Å². The van der Waals surface area contributed by atoms with Gasteiger partial charge in [0.1, 0.15) is 0 Å². The van der Waals surface area contributed by atoms with Gasteiger partial charge in [0, 0.05) is 19.2 Å². The van der Waals surface area contributed by atoms with Gasteiger partial charge in [0.25, 0.3) is 0 Å². The summed E-state index contributed by atoms with van der Waals surface area (Å²) in [6, 6.07) is 12.4. The van der Waals surface area contributed by atoms with Crippen LogP contribution in [0, 0.1) is 5.82 Å². The predicted octanol–water partition coefficient (Wildman–Crippen LogP) is 2.55. The lowest BCUT2D eigenvalue weighted by Gasteiger charge is -2.37. The molecule has 2 aromatic rings. The minimum atomic E-state index is -0.609. The lowest BCUT2D eigenvalue weighted by Crippen LogP contribution is -2.47. The normalized spacial score (nSPS) is 19.9. The third-order valence-corrected chi connectivity index (χ3v) is 3.92. The van der Waals surface area contributed by atoms with Crippen molar-refractivity contribution in [3.05, 3.63) is 60.0 Å². The molecule has 0 aliphatic carbocycles. The van der Waals surface area contributed by atoms with E-state index in [0.717, 1.165) is 5.56 Å². The Bertz CT molecular complexity index is 609. The summed E-state index contributed by atoms with van der Waals surface area (Å²) in [5.41, 5.74) is 0.856. The van der Waals surface area contributed by atoms with Gasteiger partial charge in [0.2, 0.25) is 0 Å².